The highest BCUT2D eigenvalue weighted by Crippen LogP contribution is 2.27. The van der Waals surface area contributed by atoms with Crippen LogP contribution in [0.1, 0.15) is 17.5 Å². The molecule has 0 saturated heterocycles. The summed E-state index contributed by atoms with van der Waals surface area (Å²) < 4.78 is 162. The Morgan fingerprint density at radius 2 is 0.610 bits per heavy atom. The van der Waals surface area contributed by atoms with Gasteiger partial charge in [0, 0.05) is 65.9 Å². The third kappa shape index (κ3) is 8.28. The van der Waals surface area contributed by atoms with Crippen LogP contribution in [0.4, 0.5) is 43.9 Å². The third-order valence-corrected chi connectivity index (χ3v) is 11.6. The molecule has 0 amide bonds. The van der Waals surface area contributed by atoms with E-state index >= 15 is 0 Å². The second-order valence-corrected chi connectivity index (χ2v) is 14.2. The van der Waals surface area contributed by atoms with Gasteiger partial charge in [-0.15, -0.1) is 0 Å². The number of hydrogen-bond acceptors (Lipinski definition) is 6. The minimum Gasteiger partial charge on any atom is -0.377 e. The first kappa shape index (κ1) is 37.0. The number of halogens is 10. The fraction of sp³-hybridized carbons (Fsp3) is 0.478. The van der Waals surface area contributed by atoms with E-state index in [1.165, 1.54) is 42.7 Å². The Labute approximate surface area is 231 Å². The van der Waals surface area contributed by atoms with Crippen molar-refractivity contribution < 1.29 is 70.5 Å². The van der Waals surface area contributed by atoms with Gasteiger partial charge >= 0.3 is 17.6 Å². The highest BCUT2D eigenvalue weighted by Gasteiger charge is 2.39. The first-order valence-electron chi connectivity index (χ1n) is 11.5. The standard InChI is InChI=1S/C12H15F5O3Si.C11H13F5O3Si/c1-18-21(19-2,20-3)6-4-5-7-8(13)10(15)12(17)11(16)9(7)14;1-17-20(18-2,19-3)5-4-6-7(12)9(14)11(16)10(15)8(6)13/h4-6H2,1-3H3;4-5H2,1-3H3. The molecule has 0 saturated carbocycles. The maximum absolute atomic E-state index is 13.5. The molecule has 0 aromatic heterocycles. The van der Waals surface area contributed by atoms with Crippen molar-refractivity contribution in [2.45, 2.75) is 31.4 Å². The lowest BCUT2D eigenvalue weighted by Crippen LogP contribution is -2.43. The Bertz CT molecular complexity index is 1110. The Balaban J connectivity index is 0.000000410. The van der Waals surface area contributed by atoms with E-state index < -0.39 is 93.3 Å². The molecule has 6 nitrogen and oxygen atoms in total. The van der Waals surface area contributed by atoms with Crippen molar-refractivity contribution in [2.24, 2.45) is 0 Å². The van der Waals surface area contributed by atoms with Gasteiger partial charge in [-0.3, -0.25) is 0 Å². The SMILES string of the molecule is CO[Si](CCCc1c(F)c(F)c(F)c(F)c1F)(OC)OC.CO[Si](CCc1c(F)c(F)c(F)c(F)c1F)(OC)OC. The summed E-state index contributed by atoms with van der Waals surface area (Å²) in [6.45, 7) is 0. The van der Waals surface area contributed by atoms with Crippen LogP contribution in [0.2, 0.25) is 12.1 Å². The lowest BCUT2D eigenvalue weighted by atomic mass is 10.1. The molecule has 0 aliphatic rings. The van der Waals surface area contributed by atoms with Gasteiger partial charge in [-0.2, -0.15) is 0 Å². The second-order valence-electron chi connectivity index (χ2n) is 8.04. The average Bonchev–Trinajstić information content (AvgIpc) is 2.99. The van der Waals surface area contributed by atoms with E-state index in [1.54, 1.807) is 0 Å². The van der Waals surface area contributed by atoms with Crippen molar-refractivity contribution in [2.75, 3.05) is 42.7 Å². The fourth-order valence-electron chi connectivity index (χ4n) is 3.61. The second kappa shape index (κ2) is 16.0. The predicted octanol–water partition coefficient (Wildman–Crippen LogP) is 6.00. The first-order chi connectivity index (χ1) is 19.2. The quantitative estimate of drug-likeness (QED) is 0.115. The molecule has 18 heteroatoms. The molecule has 0 bridgehead atoms. The molecular weight excluding hydrogens is 618 g/mol. The normalized spacial score (nSPS) is 12.0. The molecule has 234 valence electrons. The smallest absolute Gasteiger partial charge is 0.377 e. The van der Waals surface area contributed by atoms with Crippen LogP contribution in [0.5, 0.6) is 0 Å². The molecular formula is C23H28F10O6Si2. The van der Waals surface area contributed by atoms with Crippen molar-refractivity contribution in [3.63, 3.8) is 0 Å². The molecule has 0 fully saturated rings. The molecule has 0 atom stereocenters. The van der Waals surface area contributed by atoms with Crippen LogP contribution in [0.3, 0.4) is 0 Å². The molecule has 41 heavy (non-hydrogen) atoms. The van der Waals surface area contributed by atoms with Crippen LogP contribution in [-0.2, 0) is 39.4 Å². The van der Waals surface area contributed by atoms with Crippen LogP contribution in [0.15, 0.2) is 0 Å². The van der Waals surface area contributed by atoms with Gasteiger partial charge in [0.2, 0.25) is 11.6 Å². The molecule has 0 unspecified atom stereocenters. The molecule has 0 aliphatic carbocycles. The van der Waals surface area contributed by atoms with E-state index in [1.807, 2.05) is 0 Å². The molecule has 0 radical (unpaired) electrons. The molecule has 0 spiro atoms. The summed E-state index contributed by atoms with van der Waals surface area (Å²) in [5.41, 5.74) is -1.76. The van der Waals surface area contributed by atoms with Crippen LogP contribution in [-0.4, -0.2) is 60.3 Å². The minimum atomic E-state index is -3.17. The summed E-state index contributed by atoms with van der Waals surface area (Å²) in [7, 11) is 1.79. The summed E-state index contributed by atoms with van der Waals surface area (Å²) in [6, 6.07) is 0.0465. The lowest BCUT2D eigenvalue weighted by molar-refractivity contribution is 0.122. The van der Waals surface area contributed by atoms with Crippen molar-refractivity contribution in [1.29, 1.82) is 0 Å². The zero-order valence-electron chi connectivity index (χ0n) is 22.8. The Hall–Kier alpha value is -2.07. The molecule has 2 aromatic rings. The van der Waals surface area contributed by atoms with Gasteiger partial charge in [0.15, 0.2) is 46.5 Å². The van der Waals surface area contributed by atoms with E-state index in [4.69, 9.17) is 26.6 Å². The summed E-state index contributed by atoms with van der Waals surface area (Å²) in [6.07, 6.45) is -0.732. The Morgan fingerprint density at radius 3 is 0.902 bits per heavy atom. The predicted molar refractivity (Wildman–Crippen MR) is 128 cm³/mol. The highest BCUT2D eigenvalue weighted by atomic mass is 28.4. The number of hydrogen-bond donors (Lipinski definition) is 0. The number of rotatable bonds is 13. The lowest BCUT2D eigenvalue weighted by Gasteiger charge is -2.24. The minimum absolute atomic E-state index is 0.0834. The summed E-state index contributed by atoms with van der Waals surface area (Å²) in [5.74, 6) is -19.5. The maximum atomic E-state index is 13.5. The van der Waals surface area contributed by atoms with Gasteiger partial charge < -0.3 is 26.6 Å². The van der Waals surface area contributed by atoms with Crippen LogP contribution < -0.4 is 0 Å². The Kier molecular flexibility index (Phi) is 14.4. The van der Waals surface area contributed by atoms with Gasteiger partial charge in [-0.1, -0.05) is 0 Å². The van der Waals surface area contributed by atoms with Crippen molar-refractivity contribution >= 4 is 17.6 Å². The first-order valence-corrected chi connectivity index (χ1v) is 15.3. The van der Waals surface area contributed by atoms with Crippen LogP contribution in [0.25, 0.3) is 0 Å². The molecule has 2 rings (SSSR count). The zero-order chi connectivity index (χ0) is 31.7. The average molecular weight is 647 g/mol. The monoisotopic (exact) mass is 646 g/mol. The number of benzene rings is 2. The third-order valence-electron chi connectivity index (χ3n) is 6.06. The molecule has 0 aliphatic heterocycles. The van der Waals surface area contributed by atoms with Gasteiger partial charge in [0.1, 0.15) is 0 Å². The van der Waals surface area contributed by atoms with Crippen LogP contribution >= 0.6 is 0 Å². The van der Waals surface area contributed by atoms with Crippen molar-refractivity contribution in [1.82, 2.24) is 0 Å². The van der Waals surface area contributed by atoms with E-state index in [0.29, 0.717) is 0 Å². The van der Waals surface area contributed by atoms with Gasteiger partial charge in [-0.25, -0.2) is 43.9 Å². The van der Waals surface area contributed by atoms with Crippen molar-refractivity contribution in [3.8, 4) is 0 Å². The van der Waals surface area contributed by atoms with E-state index in [0.717, 1.165) is 0 Å². The molecule has 2 aromatic carbocycles. The van der Waals surface area contributed by atoms with Gasteiger partial charge in [0.25, 0.3) is 0 Å². The van der Waals surface area contributed by atoms with Gasteiger partial charge in [-0.05, 0) is 19.3 Å². The van der Waals surface area contributed by atoms with Crippen molar-refractivity contribution in [3.05, 3.63) is 69.3 Å². The largest absolute Gasteiger partial charge is 0.500 e. The summed E-state index contributed by atoms with van der Waals surface area (Å²) in [4.78, 5) is 0. The summed E-state index contributed by atoms with van der Waals surface area (Å²) >= 11 is 0. The summed E-state index contributed by atoms with van der Waals surface area (Å²) in [5, 5.41) is 0. The van der Waals surface area contributed by atoms with E-state index in [-0.39, 0.29) is 24.9 Å². The molecule has 0 N–H and O–H groups in total. The van der Waals surface area contributed by atoms with E-state index in [9.17, 15) is 43.9 Å². The van der Waals surface area contributed by atoms with Crippen LogP contribution in [0, 0.1) is 58.2 Å². The molecule has 0 heterocycles. The van der Waals surface area contributed by atoms with Gasteiger partial charge in [0.05, 0.1) is 0 Å². The topological polar surface area (TPSA) is 55.4 Å². The maximum Gasteiger partial charge on any atom is 0.500 e. The fourth-order valence-corrected chi connectivity index (χ4v) is 7.00. The Morgan fingerprint density at radius 1 is 0.366 bits per heavy atom. The zero-order valence-corrected chi connectivity index (χ0v) is 24.8. The van der Waals surface area contributed by atoms with E-state index in [2.05, 4.69) is 0 Å². The highest BCUT2D eigenvalue weighted by molar-refractivity contribution is 6.60.